The zero-order valence-corrected chi connectivity index (χ0v) is 13.5. The number of amides is 1. The summed E-state index contributed by atoms with van der Waals surface area (Å²) in [5.41, 5.74) is 5.98. The van der Waals surface area contributed by atoms with Crippen molar-refractivity contribution in [2.24, 2.45) is 0 Å². The van der Waals surface area contributed by atoms with Gasteiger partial charge in [0.05, 0.1) is 0 Å². The van der Waals surface area contributed by atoms with Crippen LogP contribution < -0.4 is 9.80 Å². The normalized spacial score (nSPS) is 13.7. The molecule has 0 radical (unpaired) electrons. The first-order valence-corrected chi connectivity index (χ1v) is 7.75. The average molecular weight is 294 g/mol. The SMILES string of the molecule is CC(=O)N1CCCc2cc(-c3ccc(N(C)C)cc3)ccc21. The van der Waals surface area contributed by atoms with Crippen LogP contribution >= 0.6 is 0 Å². The van der Waals surface area contributed by atoms with Crippen LogP contribution in [0.15, 0.2) is 42.5 Å². The number of carbonyl (C=O) groups is 1. The smallest absolute Gasteiger partial charge is 0.223 e. The van der Waals surface area contributed by atoms with Crippen molar-refractivity contribution < 1.29 is 4.79 Å². The lowest BCUT2D eigenvalue weighted by Gasteiger charge is -2.29. The van der Waals surface area contributed by atoms with Gasteiger partial charge >= 0.3 is 0 Å². The third kappa shape index (κ3) is 2.71. The molecule has 0 saturated carbocycles. The Labute approximate surface area is 132 Å². The summed E-state index contributed by atoms with van der Waals surface area (Å²) < 4.78 is 0. The molecule has 1 aliphatic rings. The van der Waals surface area contributed by atoms with Gasteiger partial charge in [0.1, 0.15) is 0 Å². The molecule has 0 atom stereocenters. The third-order valence-electron chi connectivity index (χ3n) is 4.30. The van der Waals surface area contributed by atoms with E-state index in [-0.39, 0.29) is 5.91 Å². The quantitative estimate of drug-likeness (QED) is 0.843. The monoisotopic (exact) mass is 294 g/mol. The van der Waals surface area contributed by atoms with Crippen molar-refractivity contribution in [3.05, 3.63) is 48.0 Å². The second-order valence-electron chi connectivity index (χ2n) is 6.06. The summed E-state index contributed by atoms with van der Waals surface area (Å²) in [6.07, 6.45) is 2.08. The lowest BCUT2D eigenvalue weighted by Crippen LogP contribution is -2.33. The van der Waals surface area contributed by atoms with Crippen LogP contribution in [0.5, 0.6) is 0 Å². The van der Waals surface area contributed by atoms with Crippen molar-refractivity contribution in [1.82, 2.24) is 0 Å². The molecule has 0 unspecified atom stereocenters. The Hall–Kier alpha value is -2.29. The molecule has 3 nitrogen and oxygen atoms in total. The molecule has 0 aliphatic carbocycles. The van der Waals surface area contributed by atoms with Crippen LogP contribution in [0.4, 0.5) is 11.4 Å². The van der Waals surface area contributed by atoms with E-state index in [1.54, 1.807) is 6.92 Å². The molecule has 0 spiro atoms. The molecule has 0 saturated heterocycles. The minimum absolute atomic E-state index is 0.129. The molecule has 22 heavy (non-hydrogen) atoms. The topological polar surface area (TPSA) is 23.6 Å². The Bertz CT molecular complexity index is 689. The van der Waals surface area contributed by atoms with Crippen LogP contribution in [0.1, 0.15) is 18.9 Å². The highest BCUT2D eigenvalue weighted by molar-refractivity contribution is 5.93. The maximum absolute atomic E-state index is 11.7. The number of nitrogens with zero attached hydrogens (tertiary/aromatic N) is 2. The van der Waals surface area contributed by atoms with E-state index in [4.69, 9.17) is 0 Å². The molecule has 3 heteroatoms. The summed E-state index contributed by atoms with van der Waals surface area (Å²) in [5, 5.41) is 0. The van der Waals surface area contributed by atoms with Crippen LogP contribution in [-0.2, 0) is 11.2 Å². The number of aryl methyl sites for hydroxylation is 1. The van der Waals surface area contributed by atoms with Gasteiger partial charge in [-0.1, -0.05) is 18.2 Å². The van der Waals surface area contributed by atoms with E-state index in [1.807, 2.05) is 19.0 Å². The molecule has 1 heterocycles. The Kier molecular flexibility index (Phi) is 3.88. The standard InChI is InChI=1S/C19H22N2O/c1-14(22)21-12-4-5-17-13-16(8-11-19(17)21)15-6-9-18(10-7-15)20(2)3/h6-11,13H,4-5,12H2,1-3H3. The van der Waals surface area contributed by atoms with E-state index in [0.717, 1.165) is 25.1 Å². The lowest BCUT2D eigenvalue weighted by molar-refractivity contribution is -0.116. The van der Waals surface area contributed by atoms with Gasteiger partial charge < -0.3 is 9.80 Å². The van der Waals surface area contributed by atoms with Gasteiger partial charge in [-0.15, -0.1) is 0 Å². The fraction of sp³-hybridized carbons (Fsp3) is 0.316. The molecule has 3 rings (SSSR count). The molecule has 0 aromatic heterocycles. The number of fused-ring (bicyclic) bond motifs is 1. The molecule has 2 aromatic carbocycles. The first-order valence-electron chi connectivity index (χ1n) is 7.75. The van der Waals surface area contributed by atoms with Gasteiger partial charge in [-0.25, -0.2) is 0 Å². The molecule has 2 aromatic rings. The maximum Gasteiger partial charge on any atom is 0.223 e. The summed E-state index contributed by atoms with van der Waals surface area (Å²) in [6.45, 7) is 2.47. The van der Waals surface area contributed by atoms with Gasteiger partial charge in [0.2, 0.25) is 5.91 Å². The van der Waals surface area contributed by atoms with Crippen LogP contribution in [0, 0.1) is 0 Å². The second kappa shape index (κ2) is 5.84. The zero-order chi connectivity index (χ0) is 15.7. The summed E-state index contributed by atoms with van der Waals surface area (Å²) in [7, 11) is 4.09. The van der Waals surface area contributed by atoms with E-state index < -0.39 is 0 Å². The highest BCUT2D eigenvalue weighted by Gasteiger charge is 2.20. The third-order valence-corrected chi connectivity index (χ3v) is 4.30. The largest absolute Gasteiger partial charge is 0.378 e. The number of hydrogen-bond acceptors (Lipinski definition) is 2. The van der Waals surface area contributed by atoms with E-state index >= 15 is 0 Å². The van der Waals surface area contributed by atoms with Crippen molar-refractivity contribution in [3.8, 4) is 11.1 Å². The van der Waals surface area contributed by atoms with Crippen LogP contribution in [0.2, 0.25) is 0 Å². The van der Waals surface area contributed by atoms with E-state index in [9.17, 15) is 4.79 Å². The van der Waals surface area contributed by atoms with Gasteiger partial charge in [-0.3, -0.25) is 4.79 Å². The molecule has 1 amide bonds. The van der Waals surface area contributed by atoms with E-state index in [2.05, 4.69) is 47.4 Å². The molecule has 114 valence electrons. The van der Waals surface area contributed by atoms with Gasteiger partial charge in [0, 0.05) is 38.9 Å². The van der Waals surface area contributed by atoms with Crippen LogP contribution in [0.25, 0.3) is 11.1 Å². The minimum atomic E-state index is 0.129. The highest BCUT2D eigenvalue weighted by Crippen LogP contribution is 2.32. The summed E-state index contributed by atoms with van der Waals surface area (Å²) >= 11 is 0. The fourth-order valence-electron chi connectivity index (χ4n) is 3.06. The van der Waals surface area contributed by atoms with Gasteiger partial charge in [-0.2, -0.15) is 0 Å². The van der Waals surface area contributed by atoms with Crippen molar-refractivity contribution >= 4 is 17.3 Å². The summed E-state index contributed by atoms with van der Waals surface area (Å²) in [6, 6.07) is 15.0. The van der Waals surface area contributed by atoms with Crippen molar-refractivity contribution in [2.45, 2.75) is 19.8 Å². The Morgan fingerprint density at radius 3 is 2.36 bits per heavy atom. The first-order chi connectivity index (χ1) is 10.6. The Morgan fingerprint density at radius 1 is 1.05 bits per heavy atom. The van der Waals surface area contributed by atoms with Crippen molar-refractivity contribution in [3.63, 3.8) is 0 Å². The van der Waals surface area contributed by atoms with E-state index in [1.165, 1.54) is 22.4 Å². The van der Waals surface area contributed by atoms with E-state index in [0.29, 0.717) is 0 Å². The predicted molar refractivity (Wildman–Crippen MR) is 92.6 cm³/mol. The summed E-state index contributed by atoms with van der Waals surface area (Å²) in [5.74, 6) is 0.129. The van der Waals surface area contributed by atoms with Crippen LogP contribution in [0.3, 0.4) is 0 Å². The van der Waals surface area contributed by atoms with Gasteiger partial charge in [-0.05, 0) is 53.8 Å². The number of rotatable bonds is 2. The Balaban J connectivity index is 1.95. The van der Waals surface area contributed by atoms with Crippen molar-refractivity contribution in [1.29, 1.82) is 0 Å². The Morgan fingerprint density at radius 2 is 1.73 bits per heavy atom. The lowest BCUT2D eigenvalue weighted by atomic mass is 9.96. The zero-order valence-electron chi connectivity index (χ0n) is 13.5. The number of anilines is 2. The number of carbonyl (C=O) groups excluding carboxylic acids is 1. The summed E-state index contributed by atoms with van der Waals surface area (Å²) in [4.78, 5) is 15.7. The molecular weight excluding hydrogens is 272 g/mol. The molecular formula is C19H22N2O. The first kappa shape index (κ1) is 14.6. The number of benzene rings is 2. The van der Waals surface area contributed by atoms with Gasteiger partial charge in [0.15, 0.2) is 0 Å². The average Bonchev–Trinajstić information content (AvgIpc) is 2.53. The highest BCUT2D eigenvalue weighted by atomic mass is 16.2. The number of hydrogen-bond donors (Lipinski definition) is 0. The predicted octanol–water partition coefficient (Wildman–Crippen LogP) is 3.72. The molecule has 0 N–H and O–H groups in total. The molecule has 0 fully saturated rings. The maximum atomic E-state index is 11.7. The second-order valence-corrected chi connectivity index (χ2v) is 6.06. The minimum Gasteiger partial charge on any atom is -0.378 e. The van der Waals surface area contributed by atoms with Crippen molar-refractivity contribution in [2.75, 3.05) is 30.4 Å². The van der Waals surface area contributed by atoms with Crippen LogP contribution in [-0.4, -0.2) is 26.5 Å². The molecule has 1 aliphatic heterocycles. The fourth-order valence-corrected chi connectivity index (χ4v) is 3.06. The van der Waals surface area contributed by atoms with Gasteiger partial charge in [0.25, 0.3) is 0 Å². The molecule has 0 bridgehead atoms.